The van der Waals surface area contributed by atoms with E-state index < -0.39 is 31.1 Å². The van der Waals surface area contributed by atoms with E-state index in [1.807, 2.05) is 54.6 Å². The van der Waals surface area contributed by atoms with Gasteiger partial charge in [0.05, 0.1) is 7.11 Å². The highest BCUT2D eigenvalue weighted by atomic mass is 32.1. The van der Waals surface area contributed by atoms with Crippen LogP contribution in [-0.4, -0.2) is 43.3 Å². The van der Waals surface area contributed by atoms with E-state index in [0.717, 1.165) is 16.7 Å². The van der Waals surface area contributed by atoms with Crippen molar-refractivity contribution in [2.45, 2.75) is 0 Å². The summed E-state index contributed by atoms with van der Waals surface area (Å²) in [5.74, 6) is -2.32. The number of carbonyl (C=O) groups is 3. The first-order valence-electron chi connectivity index (χ1n) is 8.94. The van der Waals surface area contributed by atoms with Crippen LogP contribution in [-0.2, 0) is 19.1 Å². The summed E-state index contributed by atoms with van der Waals surface area (Å²) in [4.78, 5) is 34.9. The van der Waals surface area contributed by atoms with Crippen molar-refractivity contribution in [3.63, 3.8) is 0 Å². The first-order chi connectivity index (χ1) is 14.5. The molecule has 1 heterocycles. The Hall–Kier alpha value is -3.49. The molecule has 1 aromatic heterocycles. The maximum absolute atomic E-state index is 12.4. The van der Waals surface area contributed by atoms with Crippen LogP contribution < -0.4 is 5.32 Å². The molecule has 7 nitrogen and oxygen atoms in total. The number of carboxylic acid groups (broad SMARTS) is 1. The lowest BCUT2D eigenvalue weighted by atomic mass is 9.99. The lowest BCUT2D eigenvalue weighted by Crippen LogP contribution is -2.21. The Morgan fingerprint density at radius 1 is 0.933 bits per heavy atom. The number of hydrogen-bond acceptors (Lipinski definition) is 6. The molecule has 1 amide bonds. The highest BCUT2D eigenvalue weighted by molar-refractivity contribution is 7.15. The fourth-order valence-corrected chi connectivity index (χ4v) is 3.81. The molecule has 2 N–H and O–H groups in total. The molecule has 154 valence electrons. The van der Waals surface area contributed by atoms with E-state index >= 15 is 0 Å². The summed E-state index contributed by atoms with van der Waals surface area (Å²) in [5.41, 5.74) is 3.79. The number of esters is 1. The average Bonchev–Trinajstić information content (AvgIpc) is 3.17. The van der Waals surface area contributed by atoms with Gasteiger partial charge in [0.2, 0.25) is 0 Å². The van der Waals surface area contributed by atoms with Crippen LogP contribution in [0.4, 0.5) is 5.00 Å². The van der Waals surface area contributed by atoms with Crippen molar-refractivity contribution in [3.05, 3.63) is 65.5 Å². The monoisotopic (exact) mass is 425 g/mol. The molecule has 0 aliphatic heterocycles. The molecule has 30 heavy (non-hydrogen) atoms. The van der Waals surface area contributed by atoms with Gasteiger partial charge in [-0.15, -0.1) is 11.3 Å². The van der Waals surface area contributed by atoms with Gasteiger partial charge in [-0.2, -0.15) is 0 Å². The van der Waals surface area contributed by atoms with Crippen LogP contribution in [0.3, 0.4) is 0 Å². The zero-order valence-corrected chi connectivity index (χ0v) is 16.9. The third-order valence-electron chi connectivity index (χ3n) is 4.20. The zero-order chi connectivity index (χ0) is 21.5. The van der Waals surface area contributed by atoms with Gasteiger partial charge in [-0.1, -0.05) is 54.6 Å². The molecule has 0 bridgehead atoms. The van der Waals surface area contributed by atoms with Gasteiger partial charge in [-0.3, -0.25) is 4.79 Å². The Morgan fingerprint density at radius 3 is 2.20 bits per heavy atom. The standard InChI is InChI=1S/C22H19NO6S/c1-28-22(27)20-17(13-30-21(20)23-18(24)11-29-12-19(25)26)16-9-7-15(8-10-16)14-5-3-2-4-6-14/h2-10,13H,11-12H2,1H3,(H,23,24)(H,25,26). The van der Waals surface area contributed by atoms with E-state index in [-0.39, 0.29) is 5.56 Å². The molecule has 0 saturated carbocycles. The molecule has 0 unspecified atom stereocenters. The number of ether oxygens (including phenoxy) is 2. The number of anilines is 1. The SMILES string of the molecule is COC(=O)c1c(-c2ccc(-c3ccccc3)cc2)csc1NC(=O)COCC(=O)O. The number of aliphatic carboxylic acids is 1. The summed E-state index contributed by atoms with van der Waals surface area (Å²) >= 11 is 1.18. The Kier molecular flexibility index (Phi) is 6.95. The first-order valence-corrected chi connectivity index (χ1v) is 9.82. The number of benzene rings is 2. The Balaban J connectivity index is 1.84. The lowest BCUT2D eigenvalue weighted by molar-refractivity contribution is -0.143. The van der Waals surface area contributed by atoms with Gasteiger partial charge in [-0.05, 0) is 16.7 Å². The first kappa shape index (κ1) is 21.2. The summed E-state index contributed by atoms with van der Waals surface area (Å²) in [6.45, 7) is -1.02. The number of carboxylic acids is 1. The van der Waals surface area contributed by atoms with Crippen molar-refractivity contribution >= 4 is 34.2 Å². The van der Waals surface area contributed by atoms with Gasteiger partial charge < -0.3 is 19.9 Å². The van der Waals surface area contributed by atoms with Crippen molar-refractivity contribution < 1.29 is 29.0 Å². The highest BCUT2D eigenvalue weighted by Gasteiger charge is 2.22. The quantitative estimate of drug-likeness (QED) is 0.531. The third-order valence-corrected chi connectivity index (χ3v) is 5.09. The summed E-state index contributed by atoms with van der Waals surface area (Å²) in [7, 11) is 1.27. The molecule has 3 aromatic rings. The molecule has 0 fully saturated rings. The van der Waals surface area contributed by atoms with Crippen molar-refractivity contribution in [1.29, 1.82) is 0 Å². The van der Waals surface area contributed by atoms with E-state index in [0.29, 0.717) is 10.6 Å². The lowest BCUT2D eigenvalue weighted by Gasteiger charge is -2.08. The van der Waals surface area contributed by atoms with Crippen molar-refractivity contribution in [2.24, 2.45) is 0 Å². The zero-order valence-electron chi connectivity index (χ0n) is 16.1. The molecule has 8 heteroatoms. The fraction of sp³-hybridized carbons (Fsp3) is 0.136. The molecule has 3 rings (SSSR count). The van der Waals surface area contributed by atoms with Gasteiger partial charge in [0.1, 0.15) is 23.8 Å². The normalized spacial score (nSPS) is 10.4. The maximum atomic E-state index is 12.4. The molecule has 0 saturated heterocycles. The minimum Gasteiger partial charge on any atom is -0.480 e. The predicted octanol–water partition coefficient (Wildman–Crippen LogP) is 3.91. The topological polar surface area (TPSA) is 102 Å². The summed E-state index contributed by atoms with van der Waals surface area (Å²) in [6, 6.07) is 17.6. The second-order valence-corrected chi connectivity index (χ2v) is 7.10. The fourth-order valence-electron chi connectivity index (χ4n) is 2.83. The van der Waals surface area contributed by atoms with Gasteiger partial charge in [0.15, 0.2) is 0 Å². The van der Waals surface area contributed by atoms with Gasteiger partial charge >= 0.3 is 11.9 Å². The number of amides is 1. The number of carbonyl (C=O) groups excluding carboxylic acids is 2. The summed E-state index contributed by atoms with van der Waals surface area (Å²) in [5, 5.41) is 13.2. The molecule has 2 aromatic carbocycles. The van der Waals surface area contributed by atoms with Gasteiger partial charge in [0, 0.05) is 10.9 Å². The van der Waals surface area contributed by atoms with Crippen molar-refractivity contribution in [3.8, 4) is 22.3 Å². The largest absolute Gasteiger partial charge is 0.480 e. The summed E-state index contributed by atoms with van der Waals surface area (Å²) < 4.78 is 9.67. The van der Waals surface area contributed by atoms with Crippen molar-refractivity contribution in [2.75, 3.05) is 25.6 Å². The van der Waals surface area contributed by atoms with Crippen LogP contribution in [0.2, 0.25) is 0 Å². The number of methoxy groups -OCH3 is 1. The average molecular weight is 425 g/mol. The molecule has 0 spiro atoms. The minimum atomic E-state index is -1.17. The smallest absolute Gasteiger partial charge is 0.341 e. The van der Waals surface area contributed by atoms with E-state index in [1.54, 1.807) is 5.38 Å². The molecular weight excluding hydrogens is 406 g/mol. The molecule has 0 aliphatic carbocycles. The molecule has 0 aliphatic rings. The minimum absolute atomic E-state index is 0.238. The Labute approximate surface area is 176 Å². The van der Waals surface area contributed by atoms with E-state index in [9.17, 15) is 14.4 Å². The van der Waals surface area contributed by atoms with Gasteiger partial charge in [0.25, 0.3) is 5.91 Å². The second-order valence-electron chi connectivity index (χ2n) is 6.22. The van der Waals surface area contributed by atoms with Gasteiger partial charge in [-0.25, -0.2) is 9.59 Å². The Bertz CT molecular complexity index is 1040. The second kappa shape index (κ2) is 9.82. The van der Waals surface area contributed by atoms with E-state index in [2.05, 4.69) is 5.32 Å². The number of rotatable bonds is 8. The van der Waals surface area contributed by atoms with Crippen LogP contribution >= 0.6 is 11.3 Å². The number of nitrogens with one attached hydrogen (secondary N) is 1. The third kappa shape index (κ3) is 5.11. The molecule has 0 radical (unpaired) electrons. The molecule has 0 atom stereocenters. The predicted molar refractivity (Wildman–Crippen MR) is 114 cm³/mol. The van der Waals surface area contributed by atoms with Crippen LogP contribution in [0, 0.1) is 0 Å². The summed E-state index contributed by atoms with van der Waals surface area (Å²) in [6.07, 6.45) is 0. The number of thiophene rings is 1. The van der Waals surface area contributed by atoms with Crippen LogP contribution in [0.25, 0.3) is 22.3 Å². The van der Waals surface area contributed by atoms with E-state index in [4.69, 9.17) is 14.6 Å². The number of hydrogen-bond donors (Lipinski definition) is 2. The van der Waals surface area contributed by atoms with Crippen molar-refractivity contribution in [1.82, 2.24) is 0 Å². The van der Waals surface area contributed by atoms with Crippen LogP contribution in [0.1, 0.15) is 10.4 Å². The van der Waals surface area contributed by atoms with E-state index in [1.165, 1.54) is 18.4 Å². The van der Waals surface area contributed by atoms with Crippen LogP contribution in [0.15, 0.2) is 60.0 Å². The maximum Gasteiger partial charge on any atom is 0.341 e. The van der Waals surface area contributed by atoms with Crippen LogP contribution in [0.5, 0.6) is 0 Å². The Morgan fingerprint density at radius 2 is 1.57 bits per heavy atom. The highest BCUT2D eigenvalue weighted by Crippen LogP contribution is 2.37. The molecular formula is C22H19NO6S.